The van der Waals surface area contributed by atoms with Crippen LogP contribution in [0.15, 0.2) is 48.7 Å². The predicted molar refractivity (Wildman–Crippen MR) is 112 cm³/mol. The average Bonchev–Trinajstić information content (AvgIpc) is 3.17. The molecule has 6 heteroatoms. The van der Waals surface area contributed by atoms with Crippen LogP contribution in [0.1, 0.15) is 22.8 Å². The van der Waals surface area contributed by atoms with Gasteiger partial charge in [-0.25, -0.2) is 4.39 Å². The molecule has 1 saturated heterocycles. The highest BCUT2D eigenvalue weighted by molar-refractivity contribution is 6.10. The van der Waals surface area contributed by atoms with Gasteiger partial charge in [-0.1, -0.05) is 18.2 Å². The number of carbonyl (C=O) groups is 1. The van der Waals surface area contributed by atoms with Crippen LogP contribution in [0.3, 0.4) is 0 Å². The van der Waals surface area contributed by atoms with Crippen LogP contribution in [0.2, 0.25) is 0 Å². The molecule has 1 aliphatic rings. The molecule has 2 heterocycles. The number of hydrogen-bond donors (Lipinski definition) is 1. The molecular formula is C23H26FN3O2. The number of aromatic nitrogens is 1. The molecule has 0 spiro atoms. The summed E-state index contributed by atoms with van der Waals surface area (Å²) in [5, 5.41) is 0.973. The number of nitrogens with one attached hydrogen (secondary N) is 1. The topological polar surface area (TPSA) is 48.6 Å². The molecule has 0 bridgehead atoms. The van der Waals surface area contributed by atoms with E-state index in [4.69, 9.17) is 4.74 Å². The summed E-state index contributed by atoms with van der Waals surface area (Å²) in [6.45, 7) is 5.87. The smallest absolute Gasteiger partial charge is 0.181 e. The number of rotatable bonds is 6. The molecule has 2 aromatic carbocycles. The summed E-state index contributed by atoms with van der Waals surface area (Å²) in [5.41, 5.74) is 2.58. The van der Waals surface area contributed by atoms with E-state index in [1.165, 1.54) is 12.1 Å². The number of fused-ring (bicyclic) bond motifs is 1. The maximum Gasteiger partial charge on any atom is 0.181 e. The standard InChI is InChI=1S/C23H26FN3O2/c1-16(23(28)20-14-25-21-6-4-3-5-19(20)21)27-11-9-26(10-12-27)15-17-13-18(24)7-8-22(17)29-2/h3-8,13-14,16,25H,9-12,15H2,1-2H3/t16-/m1/s1. The van der Waals surface area contributed by atoms with Gasteiger partial charge in [-0.2, -0.15) is 0 Å². The number of benzene rings is 2. The minimum absolute atomic E-state index is 0.141. The van der Waals surface area contributed by atoms with Crippen LogP contribution in [0.4, 0.5) is 4.39 Å². The lowest BCUT2D eigenvalue weighted by molar-refractivity contribution is 0.0687. The molecule has 3 aromatic rings. The second-order valence-corrected chi connectivity index (χ2v) is 7.56. The largest absolute Gasteiger partial charge is 0.496 e. The van der Waals surface area contributed by atoms with E-state index in [1.54, 1.807) is 13.2 Å². The van der Waals surface area contributed by atoms with Crippen LogP contribution >= 0.6 is 0 Å². The van der Waals surface area contributed by atoms with Crippen molar-refractivity contribution in [1.29, 1.82) is 0 Å². The van der Waals surface area contributed by atoms with Crippen molar-refractivity contribution < 1.29 is 13.9 Å². The Kier molecular flexibility index (Phi) is 5.65. The molecule has 0 amide bonds. The van der Waals surface area contributed by atoms with Gasteiger partial charge >= 0.3 is 0 Å². The van der Waals surface area contributed by atoms with Crippen molar-refractivity contribution in [2.75, 3.05) is 33.3 Å². The number of aromatic amines is 1. The van der Waals surface area contributed by atoms with Gasteiger partial charge in [0.1, 0.15) is 11.6 Å². The summed E-state index contributed by atoms with van der Waals surface area (Å²) < 4.78 is 19.0. The molecule has 1 aromatic heterocycles. The van der Waals surface area contributed by atoms with Crippen LogP contribution < -0.4 is 4.74 Å². The zero-order valence-corrected chi connectivity index (χ0v) is 16.8. The molecule has 1 atom stereocenters. The summed E-state index contributed by atoms with van der Waals surface area (Å²) in [6.07, 6.45) is 1.82. The Hall–Kier alpha value is -2.70. The van der Waals surface area contributed by atoms with Gasteiger partial charge in [0.05, 0.1) is 13.2 Å². The fourth-order valence-corrected chi connectivity index (χ4v) is 4.09. The number of ketones is 1. The normalized spacial score (nSPS) is 16.8. The molecule has 0 radical (unpaired) electrons. The van der Waals surface area contributed by atoms with Gasteiger partial charge in [0.15, 0.2) is 5.78 Å². The Balaban J connectivity index is 1.39. The maximum atomic E-state index is 13.6. The molecule has 1 aliphatic heterocycles. The number of piperazine rings is 1. The molecule has 1 N–H and O–H groups in total. The maximum absolute atomic E-state index is 13.6. The Morgan fingerprint density at radius 2 is 1.93 bits per heavy atom. The molecule has 0 saturated carbocycles. The molecular weight excluding hydrogens is 369 g/mol. The first-order valence-corrected chi connectivity index (χ1v) is 9.96. The fraction of sp³-hybridized carbons (Fsp3) is 0.348. The Labute approximate surface area is 170 Å². The quantitative estimate of drug-likeness (QED) is 0.647. The molecule has 152 valence electrons. The molecule has 1 fully saturated rings. The Bertz CT molecular complexity index is 1010. The SMILES string of the molecule is COc1ccc(F)cc1CN1CCN([C@H](C)C(=O)c2c[nH]c3ccccc23)CC1. The van der Waals surface area contributed by atoms with E-state index in [9.17, 15) is 9.18 Å². The van der Waals surface area contributed by atoms with Gasteiger partial charge in [0.25, 0.3) is 0 Å². The van der Waals surface area contributed by atoms with Crippen molar-refractivity contribution in [1.82, 2.24) is 14.8 Å². The van der Waals surface area contributed by atoms with Gasteiger partial charge < -0.3 is 9.72 Å². The highest BCUT2D eigenvalue weighted by atomic mass is 19.1. The molecule has 29 heavy (non-hydrogen) atoms. The van der Waals surface area contributed by atoms with Crippen LogP contribution in [0.5, 0.6) is 5.75 Å². The van der Waals surface area contributed by atoms with Gasteiger partial charge in [-0.15, -0.1) is 0 Å². The Morgan fingerprint density at radius 3 is 2.69 bits per heavy atom. The number of carbonyl (C=O) groups excluding carboxylic acids is 1. The molecule has 0 aliphatic carbocycles. The molecule has 0 unspecified atom stereocenters. The monoisotopic (exact) mass is 395 g/mol. The minimum Gasteiger partial charge on any atom is -0.496 e. The number of ether oxygens (including phenoxy) is 1. The summed E-state index contributed by atoms with van der Waals surface area (Å²) >= 11 is 0. The third kappa shape index (κ3) is 4.04. The second-order valence-electron chi connectivity index (χ2n) is 7.56. The van der Waals surface area contributed by atoms with Gasteiger partial charge in [0, 0.05) is 61.0 Å². The van der Waals surface area contributed by atoms with Crippen LogP contribution in [-0.4, -0.2) is 59.9 Å². The highest BCUT2D eigenvalue weighted by Gasteiger charge is 2.28. The number of H-pyrrole nitrogens is 1. The number of methoxy groups -OCH3 is 1. The first kappa shape index (κ1) is 19.6. The van der Waals surface area contributed by atoms with Crippen molar-refractivity contribution in [2.24, 2.45) is 0 Å². The zero-order chi connectivity index (χ0) is 20.4. The van der Waals surface area contributed by atoms with E-state index >= 15 is 0 Å². The number of halogens is 1. The van der Waals surface area contributed by atoms with Crippen molar-refractivity contribution in [3.63, 3.8) is 0 Å². The number of para-hydroxylation sites is 1. The summed E-state index contributed by atoms with van der Waals surface area (Å²) in [7, 11) is 1.60. The lowest BCUT2D eigenvalue weighted by Gasteiger charge is -2.37. The fourth-order valence-electron chi connectivity index (χ4n) is 4.09. The third-order valence-electron chi connectivity index (χ3n) is 5.83. The van der Waals surface area contributed by atoms with Gasteiger partial charge in [-0.05, 0) is 31.2 Å². The van der Waals surface area contributed by atoms with E-state index in [1.807, 2.05) is 37.4 Å². The predicted octanol–water partition coefficient (Wildman–Crippen LogP) is 3.70. The lowest BCUT2D eigenvalue weighted by atomic mass is 10.0. The molecule has 4 rings (SSSR count). The summed E-state index contributed by atoms with van der Waals surface area (Å²) in [5.74, 6) is 0.594. The first-order chi connectivity index (χ1) is 14.1. The van der Waals surface area contributed by atoms with Crippen molar-refractivity contribution in [3.8, 4) is 5.75 Å². The minimum atomic E-state index is -0.252. The van der Waals surface area contributed by atoms with E-state index in [0.29, 0.717) is 12.3 Å². The average molecular weight is 395 g/mol. The van der Waals surface area contributed by atoms with E-state index < -0.39 is 0 Å². The number of Topliss-reactive ketones (excluding diaryl/α,β-unsaturated/α-hetero) is 1. The van der Waals surface area contributed by atoms with E-state index in [-0.39, 0.29) is 17.6 Å². The summed E-state index contributed by atoms with van der Waals surface area (Å²) in [6, 6.07) is 12.3. The Morgan fingerprint density at radius 1 is 1.17 bits per heavy atom. The number of nitrogens with zero attached hydrogens (tertiary/aromatic N) is 2. The van der Waals surface area contributed by atoms with Crippen LogP contribution in [0.25, 0.3) is 10.9 Å². The molecule has 5 nitrogen and oxygen atoms in total. The zero-order valence-electron chi connectivity index (χ0n) is 16.8. The van der Waals surface area contributed by atoms with Crippen molar-refractivity contribution >= 4 is 16.7 Å². The lowest BCUT2D eigenvalue weighted by Crippen LogP contribution is -2.51. The summed E-state index contributed by atoms with van der Waals surface area (Å²) in [4.78, 5) is 20.8. The van der Waals surface area contributed by atoms with E-state index in [0.717, 1.165) is 48.2 Å². The van der Waals surface area contributed by atoms with Crippen LogP contribution in [-0.2, 0) is 6.54 Å². The van der Waals surface area contributed by atoms with Crippen molar-refractivity contribution in [3.05, 3.63) is 65.6 Å². The van der Waals surface area contributed by atoms with E-state index in [2.05, 4.69) is 14.8 Å². The highest BCUT2D eigenvalue weighted by Crippen LogP contribution is 2.23. The van der Waals surface area contributed by atoms with Crippen molar-refractivity contribution in [2.45, 2.75) is 19.5 Å². The van der Waals surface area contributed by atoms with Gasteiger partial charge in [-0.3, -0.25) is 14.6 Å². The van der Waals surface area contributed by atoms with Crippen LogP contribution in [0, 0.1) is 5.82 Å². The first-order valence-electron chi connectivity index (χ1n) is 9.96. The number of hydrogen-bond acceptors (Lipinski definition) is 4. The third-order valence-corrected chi connectivity index (χ3v) is 5.83. The second kappa shape index (κ2) is 8.35. The van der Waals surface area contributed by atoms with Gasteiger partial charge in [0.2, 0.25) is 0 Å².